The van der Waals surface area contributed by atoms with Gasteiger partial charge < -0.3 is 10.8 Å². The van der Waals surface area contributed by atoms with Crippen LogP contribution in [0.1, 0.15) is 45.4 Å². The molecule has 3 heteroatoms. The number of aliphatic carboxylic acids is 1. The zero-order valence-electron chi connectivity index (χ0n) is 8.25. The lowest BCUT2D eigenvalue weighted by Gasteiger charge is -2.35. The fraction of sp³-hybridized carbons (Fsp3) is 0.900. The molecule has 76 valence electrons. The molecule has 13 heavy (non-hydrogen) atoms. The van der Waals surface area contributed by atoms with Gasteiger partial charge in [-0.15, -0.1) is 0 Å². The number of rotatable bonds is 3. The van der Waals surface area contributed by atoms with Crippen molar-refractivity contribution < 1.29 is 9.90 Å². The topological polar surface area (TPSA) is 63.3 Å². The summed E-state index contributed by atoms with van der Waals surface area (Å²) in [5.41, 5.74) is 5.31. The monoisotopic (exact) mass is 185 g/mol. The van der Waals surface area contributed by atoms with Crippen LogP contribution in [-0.4, -0.2) is 17.1 Å². The van der Waals surface area contributed by atoms with Crippen LogP contribution >= 0.6 is 0 Å². The van der Waals surface area contributed by atoms with Crippen molar-refractivity contribution in [1.82, 2.24) is 0 Å². The number of hydrogen-bond acceptors (Lipinski definition) is 2. The van der Waals surface area contributed by atoms with Crippen LogP contribution in [0, 0.1) is 5.41 Å². The van der Waals surface area contributed by atoms with E-state index in [1.54, 1.807) is 0 Å². The van der Waals surface area contributed by atoms with Crippen LogP contribution in [0.15, 0.2) is 0 Å². The molecule has 0 heterocycles. The second-order valence-electron chi connectivity index (χ2n) is 4.17. The molecule has 1 aliphatic rings. The predicted octanol–water partition coefficient (Wildman–Crippen LogP) is 1.76. The van der Waals surface area contributed by atoms with E-state index in [-0.39, 0.29) is 6.04 Å². The number of carboxylic acid groups (broad SMARTS) is 1. The van der Waals surface area contributed by atoms with E-state index in [9.17, 15) is 4.79 Å². The highest BCUT2D eigenvalue weighted by atomic mass is 16.4. The second-order valence-corrected chi connectivity index (χ2v) is 4.17. The van der Waals surface area contributed by atoms with Gasteiger partial charge in [0.25, 0.3) is 0 Å². The summed E-state index contributed by atoms with van der Waals surface area (Å²) in [6.45, 7) is 2.04. The number of hydrogen-bond donors (Lipinski definition) is 2. The predicted molar refractivity (Wildman–Crippen MR) is 51.4 cm³/mol. The number of carboxylic acids is 1. The van der Waals surface area contributed by atoms with Gasteiger partial charge in [-0.2, -0.15) is 0 Å². The molecule has 1 aliphatic carbocycles. The second kappa shape index (κ2) is 4.09. The molecule has 1 rings (SSSR count). The summed E-state index contributed by atoms with van der Waals surface area (Å²) in [6, 6.07) is 0.226. The molecule has 1 fully saturated rings. The van der Waals surface area contributed by atoms with Crippen molar-refractivity contribution in [3.63, 3.8) is 0 Å². The van der Waals surface area contributed by atoms with Crippen molar-refractivity contribution in [1.29, 1.82) is 0 Å². The van der Waals surface area contributed by atoms with Crippen LogP contribution in [0.4, 0.5) is 0 Å². The molecular formula is C10H19NO2. The maximum Gasteiger partial charge on any atom is 0.309 e. The van der Waals surface area contributed by atoms with E-state index in [0.29, 0.717) is 0 Å². The Morgan fingerprint density at radius 3 is 2.46 bits per heavy atom. The summed E-state index contributed by atoms with van der Waals surface area (Å²) in [7, 11) is 0. The third-order valence-electron chi connectivity index (χ3n) is 3.17. The maximum atomic E-state index is 11.1. The van der Waals surface area contributed by atoms with Crippen molar-refractivity contribution in [3.05, 3.63) is 0 Å². The van der Waals surface area contributed by atoms with Gasteiger partial charge in [0.1, 0.15) is 0 Å². The van der Waals surface area contributed by atoms with Gasteiger partial charge in [-0.25, -0.2) is 0 Å². The van der Waals surface area contributed by atoms with E-state index in [0.717, 1.165) is 38.5 Å². The molecule has 0 aromatic heterocycles. The third kappa shape index (κ3) is 2.21. The Hall–Kier alpha value is -0.570. The van der Waals surface area contributed by atoms with E-state index >= 15 is 0 Å². The van der Waals surface area contributed by atoms with Crippen molar-refractivity contribution in [3.8, 4) is 0 Å². The smallest absolute Gasteiger partial charge is 0.309 e. The molecule has 0 aromatic carbocycles. The summed E-state index contributed by atoms with van der Waals surface area (Å²) in [5.74, 6) is -0.624. The Bertz CT molecular complexity index is 183. The quantitative estimate of drug-likeness (QED) is 0.704. The first-order valence-electron chi connectivity index (χ1n) is 5.10. The van der Waals surface area contributed by atoms with Crippen molar-refractivity contribution in [2.45, 2.75) is 51.5 Å². The first kappa shape index (κ1) is 10.5. The summed E-state index contributed by atoms with van der Waals surface area (Å²) >= 11 is 0. The Labute approximate surface area is 79.3 Å². The Balaban J connectivity index is 2.63. The summed E-state index contributed by atoms with van der Waals surface area (Å²) < 4.78 is 0. The van der Waals surface area contributed by atoms with Gasteiger partial charge in [0.05, 0.1) is 5.41 Å². The van der Waals surface area contributed by atoms with Gasteiger partial charge in [0.2, 0.25) is 0 Å². The highest BCUT2D eigenvalue weighted by Gasteiger charge is 2.40. The lowest BCUT2D eigenvalue weighted by atomic mass is 9.70. The maximum absolute atomic E-state index is 11.1. The van der Waals surface area contributed by atoms with Gasteiger partial charge >= 0.3 is 5.97 Å². The summed E-state index contributed by atoms with van der Waals surface area (Å²) in [6.07, 6.45) is 5.00. The molecule has 3 N–H and O–H groups in total. The highest BCUT2D eigenvalue weighted by molar-refractivity contribution is 5.74. The van der Waals surface area contributed by atoms with Crippen LogP contribution in [0.3, 0.4) is 0 Å². The third-order valence-corrected chi connectivity index (χ3v) is 3.17. The van der Waals surface area contributed by atoms with Gasteiger partial charge in [0, 0.05) is 6.04 Å². The summed E-state index contributed by atoms with van der Waals surface area (Å²) in [4.78, 5) is 11.1. The largest absolute Gasteiger partial charge is 0.481 e. The Morgan fingerprint density at radius 1 is 1.54 bits per heavy atom. The molecule has 0 spiro atoms. The van der Waals surface area contributed by atoms with Crippen LogP contribution < -0.4 is 5.73 Å². The molecule has 1 saturated carbocycles. The Morgan fingerprint density at radius 2 is 2.08 bits per heavy atom. The van der Waals surface area contributed by atoms with Gasteiger partial charge in [-0.3, -0.25) is 4.79 Å². The number of nitrogens with two attached hydrogens (primary N) is 1. The summed E-state index contributed by atoms with van der Waals surface area (Å²) in [5, 5.41) is 9.17. The van der Waals surface area contributed by atoms with Gasteiger partial charge in [-0.05, 0) is 32.1 Å². The Kier molecular flexibility index (Phi) is 3.31. The molecule has 0 amide bonds. The number of carbonyl (C=O) groups is 1. The lowest BCUT2D eigenvalue weighted by Crippen LogP contribution is -2.39. The molecule has 3 nitrogen and oxygen atoms in total. The molecule has 0 radical (unpaired) electrons. The van der Waals surface area contributed by atoms with Crippen LogP contribution in [0.2, 0.25) is 0 Å². The first-order valence-corrected chi connectivity index (χ1v) is 5.10. The van der Waals surface area contributed by atoms with Gasteiger partial charge in [-0.1, -0.05) is 13.3 Å². The van der Waals surface area contributed by atoms with E-state index < -0.39 is 11.4 Å². The average molecular weight is 185 g/mol. The molecule has 0 bridgehead atoms. The van der Waals surface area contributed by atoms with Crippen LogP contribution in [0.5, 0.6) is 0 Å². The van der Waals surface area contributed by atoms with Crippen molar-refractivity contribution in [2.24, 2.45) is 11.1 Å². The van der Waals surface area contributed by atoms with Crippen molar-refractivity contribution in [2.75, 3.05) is 0 Å². The fourth-order valence-corrected chi connectivity index (χ4v) is 2.24. The molecule has 0 saturated heterocycles. The molecular weight excluding hydrogens is 166 g/mol. The van der Waals surface area contributed by atoms with E-state index in [1.165, 1.54) is 0 Å². The van der Waals surface area contributed by atoms with Crippen molar-refractivity contribution >= 4 is 5.97 Å². The van der Waals surface area contributed by atoms with Crippen LogP contribution in [-0.2, 0) is 4.79 Å². The minimum Gasteiger partial charge on any atom is -0.481 e. The van der Waals surface area contributed by atoms with E-state index in [1.807, 2.05) is 6.92 Å². The lowest BCUT2D eigenvalue weighted by molar-refractivity contribution is -0.151. The minimum atomic E-state index is -0.624. The molecule has 0 unspecified atom stereocenters. The van der Waals surface area contributed by atoms with Gasteiger partial charge in [0.15, 0.2) is 0 Å². The zero-order chi connectivity index (χ0) is 9.90. The minimum absolute atomic E-state index is 0.226. The average Bonchev–Trinajstić information content (AvgIpc) is 2.09. The standard InChI is InChI=1S/C10H19NO2/c1-2-5-10(9(12)13)6-3-8(11)4-7-10/h8H,2-7,11H2,1H3,(H,12,13). The van der Waals surface area contributed by atoms with Crippen LogP contribution in [0.25, 0.3) is 0 Å². The van der Waals surface area contributed by atoms with E-state index in [4.69, 9.17) is 10.8 Å². The normalized spacial score (nSPS) is 34.5. The molecule has 0 atom stereocenters. The highest BCUT2D eigenvalue weighted by Crippen LogP contribution is 2.39. The molecule has 0 aliphatic heterocycles. The fourth-order valence-electron chi connectivity index (χ4n) is 2.24. The van der Waals surface area contributed by atoms with E-state index in [2.05, 4.69) is 0 Å². The zero-order valence-corrected chi connectivity index (χ0v) is 8.25. The first-order chi connectivity index (χ1) is 6.10. The molecule has 0 aromatic rings. The SMILES string of the molecule is CCCC1(C(=O)O)CCC(N)CC1.